The molecule has 0 amide bonds. The van der Waals surface area contributed by atoms with Crippen LogP contribution in [0.25, 0.3) is 0 Å². The van der Waals surface area contributed by atoms with Crippen LogP contribution >= 0.6 is 0 Å². The van der Waals surface area contributed by atoms with Crippen molar-refractivity contribution >= 4 is 23.2 Å². The van der Waals surface area contributed by atoms with Crippen LogP contribution in [0.4, 0.5) is 11.5 Å². The topological polar surface area (TPSA) is 91.8 Å². The normalized spacial score (nSPS) is 23.6. The minimum atomic E-state index is -0.879. The summed E-state index contributed by atoms with van der Waals surface area (Å²) in [4.78, 5) is 16.1. The predicted molar refractivity (Wildman–Crippen MR) is 113 cm³/mol. The summed E-state index contributed by atoms with van der Waals surface area (Å²) >= 11 is 0. The molecule has 3 aliphatic rings. The molecule has 6 heteroatoms. The number of carboxylic acids is 1. The van der Waals surface area contributed by atoms with Crippen LogP contribution in [0, 0.1) is 18.8 Å². The van der Waals surface area contributed by atoms with Gasteiger partial charge in [-0.25, -0.2) is 14.8 Å². The number of hydrogen-bond donors (Lipinski definition) is 2. The van der Waals surface area contributed by atoms with Crippen LogP contribution in [-0.4, -0.2) is 27.8 Å². The minimum absolute atomic E-state index is 0.315. The molecule has 2 aliphatic carbocycles. The van der Waals surface area contributed by atoms with Crippen LogP contribution in [0.1, 0.15) is 59.3 Å². The zero-order valence-electron chi connectivity index (χ0n) is 16.6. The fourth-order valence-corrected chi connectivity index (χ4v) is 5.36. The number of aromatic carboxylic acids is 1. The van der Waals surface area contributed by atoms with Gasteiger partial charge in [0.05, 0.1) is 28.7 Å². The summed E-state index contributed by atoms with van der Waals surface area (Å²) in [6.45, 7) is 1.93. The first-order valence-corrected chi connectivity index (χ1v) is 10.5. The number of aryl methyl sites for hydroxylation is 2. The molecule has 2 heterocycles. The number of benzene rings is 1. The van der Waals surface area contributed by atoms with E-state index in [-0.39, 0.29) is 0 Å². The quantitative estimate of drug-likeness (QED) is 0.826. The van der Waals surface area contributed by atoms with Gasteiger partial charge in [0.1, 0.15) is 5.82 Å². The van der Waals surface area contributed by atoms with Gasteiger partial charge in [0.2, 0.25) is 0 Å². The number of hydrogen-bond acceptors (Lipinski definition) is 5. The van der Waals surface area contributed by atoms with Crippen molar-refractivity contribution in [1.29, 1.82) is 0 Å². The number of carbonyl (C=O) groups is 1. The highest BCUT2D eigenvalue weighted by atomic mass is 16.4. The first-order chi connectivity index (χ1) is 14.0. The number of pyridine rings is 1. The van der Waals surface area contributed by atoms with Gasteiger partial charge >= 0.3 is 5.97 Å². The largest absolute Gasteiger partial charge is 0.478 e. The summed E-state index contributed by atoms with van der Waals surface area (Å²) in [5, 5.41) is 16.6. The SMILES string of the molecule is Cc1nc(N2N=C3c4ccc(C(=O)O)cc4CCC3C2C2CCCC2)ccc1N. The highest BCUT2D eigenvalue weighted by molar-refractivity contribution is 6.07. The number of nitrogens with two attached hydrogens (primary N) is 1. The van der Waals surface area contributed by atoms with Crippen molar-refractivity contribution in [2.24, 2.45) is 16.9 Å². The summed E-state index contributed by atoms with van der Waals surface area (Å²) in [5.74, 6) is 0.955. The van der Waals surface area contributed by atoms with E-state index in [2.05, 4.69) is 5.01 Å². The van der Waals surface area contributed by atoms with Crippen LogP contribution in [-0.2, 0) is 6.42 Å². The molecule has 3 N–H and O–H groups in total. The molecule has 5 rings (SSSR count). The molecule has 2 unspecified atom stereocenters. The first kappa shape index (κ1) is 18.2. The van der Waals surface area contributed by atoms with Crippen molar-refractivity contribution < 1.29 is 9.90 Å². The van der Waals surface area contributed by atoms with Gasteiger partial charge in [-0.3, -0.25) is 0 Å². The van der Waals surface area contributed by atoms with Crippen molar-refractivity contribution in [2.45, 2.75) is 51.5 Å². The minimum Gasteiger partial charge on any atom is -0.478 e. The van der Waals surface area contributed by atoms with E-state index in [0.29, 0.717) is 29.1 Å². The smallest absolute Gasteiger partial charge is 0.335 e. The standard InChI is InChI=1S/C23H26N4O2/c1-13-19(24)10-11-20(25-13)27-22(14-4-2-3-5-14)18-9-6-15-12-16(23(28)29)7-8-17(15)21(18)26-27/h7-8,10-12,14,18,22H,2-6,9,24H2,1H3,(H,28,29). The van der Waals surface area contributed by atoms with Gasteiger partial charge in [-0.05, 0) is 68.4 Å². The Hall–Kier alpha value is -2.89. The number of nitrogens with zero attached hydrogens (tertiary/aromatic N) is 3. The molecule has 6 nitrogen and oxygen atoms in total. The third-order valence-corrected chi connectivity index (χ3v) is 6.84. The number of nitrogen functional groups attached to an aromatic ring is 1. The Labute approximate surface area is 170 Å². The van der Waals surface area contributed by atoms with E-state index < -0.39 is 5.97 Å². The molecule has 29 heavy (non-hydrogen) atoms. The zero-order chi connectivity index (χ0) is 20.1. The van der Waals surface area contributed by atoms with Gasteiger partial charge in [0, 0.05) is 11.5 Å². The van der Waals surface area contributed by atoms with Crippen LogP contribution in [0.3, 0.4) is 0 Å². The highest BCUT2D eigenvalue weighted by Gasteiger charge is 2.46. The van der Waals surface area contributed by atoms with Gasteiger partial charge < -0.3 is 10.8 Å². The Balaban J connectivity index is 1.59. The molecule has 2 aromatic rings. The maximum atomic E-state index is 11.4. The third kappa shape index (κ3) is 2.98. The average Bonchev–Trinajstić information content (AvgIpc) is 3.36. The molecule has 1 fully saturated rings. The summed E-state index contributed by atoms with van der Waals surface area (Å²) in [7, 11) is 0. The lowest BCUT2D eigenvalue weighted by Crippen LogP contribution is -2.41. The molecule has 0 spiro atoms. The lowest BCUT2D eigenvalue weighted by atomic mass is 9.75. The molecular weight excluding hydrogens is 364 g/mol. The predicted octanol–water partition coefficient (Wildman–Crippen LogP) is 4.02. The summed E-state index contributed by atoms with van der Waals surface area (Å²) < 4.78 is 0. The Kier molecular flexibility index (Phi) is 4.30. The zero-order valence-corrected chi connectivity index (χ0v) is 16.6. The molecule has 1 saturated carbocycles. The fraction of sp³-hybridized carbons (Fsp3) is 0.435. The number of fused-ring (bicyclic) bond motifs is 3. The van der Waals surface area contributed by atoms with Crippen molar-refractivity contribution in [3.8, 4) is 0 Å². The van der Waals surface area contributed by atoms with Crippen molar-refractivity contribution in [3.05, 3.63) is 52.7 Å². The van der Waals surface area contributed by atoms with E-state index in [1.807, 2.05) is 31.2 Å². The first-order valence-electron chi connectivity index (χ1n) is 10.5. The van der Waals surface area contributed by atoms with E-state index in [4.69, 9.17) is 15.8 Å². The second-order valence-corrected chi connectivity index (χ2v) is 8.53. The highest BCUT2D eigenvalue weighted by Crippen LogP contribution is 2.44. The lowest BCUT2D eigenvalue weighted by Gasteiger charge is -2.34. The van der Waals surface area contributed by atoms with Crippen molar-refractivity contribution in [3.63, 3.8) is 0 Å². The average molecular weight is 390 g/mol. The van der Waals surface area contributed by atoms with Crippen molar-refractivity contribution in [1.82, 2.24) is 4.98 Å². The number of carboxylic acid groups (broad SMARTS) is 1. The number of rotatable bonds is 3. The lowest BCUT2D eigenvalue weighted by molar-refractivity contribution is 0.0696. The van der Waals surface area contributed by atoms with Gasteiger partial charge in [0.25, 0.3) is 0 Å². The van der Waals surface area contributed by atoms with E-state index in [0.717, 1.165) is 41.2 Å². The molecule has 150 valence electrons. The summed E-state index contributed by atoms with van der Waals surface area (Å²) in [6, 6.07) is 9.66. The van der Waals surface area contributed by atoms with Crippen LogP contribution < -0.4 is 10.7 Å². The van der Waals surface area contributed by atoms with E-state index >= 15 is 0 Å². The van der Waals surface area contributed by atoms with Crippen LogP contribution in [0.5, 0.6) is 0 Å². The maximum absolute atomic E-state index is 11.4. The number of anilines is 2. The Morgan fingerprint density at radius 2 is 1.97 bits per heavy atom. The monoisotopic (exact) mass is 390 g/mol. The van der Waals surface area contributed by atoms with Gasteiger partial charge in [-0.15, -0.1) is 0 Å². The summed E-state index contributed by atoms with van der Waals surface area (Å²) in [6.07, 6.45) is 6.93. The van der Waals surface area contributed by atoms with Crippen LogP contribution in [0.15, 0.2) is 35.4 Å². The Morgan fingerprint density at radius 1 is 1.17 bits per heavy atom. The molecule has 1 aromatic heterocycles. The Morgan fingerprint density at radius 3 is 2.69 bits per heavy atom. The van der Waals surface area contributed by atoms with E-state index in [1.165, 1.54) is 25.7 Å². The third-order valence-electron chi connectivity index (χ3n) is 6.84. The molecule has 0 radical (unpaired) electrons. The molecule has 1 aliphatic heterocycles. The Bertz CT molecular complexity index is 1010. The molecular formula is C23H26N4O2. The van der Waals surface area contributed by atoms with Gasteiger partial charge in [-0.1, -0.05) is 18.9 Å². The van der Waals surface area contributed by atoms with Gasteiger partial charge in [-0.2, -0.15) is 5.10 Å². The van der Waals surface area contributed by atoms with Crippen LogP contribution in [0.2, 0.25) is 0 Å². The molecule has 2 atom stereocenters. The number of aromatic nitrogens is 1. The van der Waals surface area contributed by atoms with E-state index in [1.54, 1.807) is 6.07 Å². The van der Waals surface area contributed by atoms with Crippen molar-refractivity contribution in [2.75, 3.05) is 10.7 Å². The second kappa shape index (κ2) is 6.87. The maximum Gasteiger partial charge on any atom is 0.335 e. The summed E-state index contributed by atoms with van der Waals surface area (Å²) in [5.41, 5.74) is 11.2. The number of hydrazone groups is 1. The molecule has 0 saturated heterocycles. The fourth-order valence-electron chi connectivity index (χ4n) is 5.36. The second-order valence-electron chi connectivity index (χ2n) is 8.53. The van der Waals surface area contributed by atoms with E-state index in [9.17, 15) is 9.90 Å². The molecule has 1 aromatic carbocycles. The van der Waals surface area contributed by atoms with Gasteiger partial charge in [0.15, 0.2) is 0 Å². The molecule has 0 bridgehead atoms.